The van der Waals surface area contributed by atoms with Gasteiger partial charge < -0.3 is 9.47 Å². The van der Waals surface area contributed by atoms with Crippen LogP contribution in [0.25, 0.3) is 5.69 Å². The number of likely N-dealkylation sites (tertiary alicyclic amines) is 1. The number of benzene rings is 1. The first kappa shape index (κ1) is 15.6. The van der Waals surface area contributed by atoms with Crippen LogP contribution in [0.15, 0.2) is 49.2 Å². The highest BCUT2D eigenvalue weighted by atomic mass is 16.2. The number of carbonyl (C=O) groups excluding carboxylic acids is 1. The van der Waals surface area contributed by atoms with E-state index in [0.717, 1.165) is 30.6 Å². The number of rotatable bonds is 3. The first-order valence-electron chi connectivity index (χ1n) is 8.47. The molecule has 25 heavy (non-hydrogen) atoms. The Morgan fingerprint density at radius 2 is 2.24 bits per heavy atom. The Morgan fingerprint density at radius 1 is 1.32 bits per heavy atom. The summed E-state index contributed by atoms with van der Waals surface area (Å²) in [6.07, 6.45) is 9.27. The summed E-state index contributed by atoms with van der Waals surface area (Å²) >= 11 is 0. The van der Waals surface area contributed by atoms with Crippen molar-refractivity contribution < 1.29 is 4.79 Å². The number of hydrogen-bond acceptors (Lipinski definition) is 4. The molecule has 1 aromatic carbocycles. The van der Waals surface area contributed by atoms with Gasteiger partial charge in [0, 0.05) is 25.5 Å². The largest absolute Gasteiger partial charge is 0.335 e. The predicted octanol–water partition coefficient (Wildman–Crippen LogP) is 2.25. The summed E-state index contributed by atoms with van der Waals surface area (Å²) in [7, 11) is 0. The second-order valence-electron chi connectivity index (χ2n) is 6.44. The van der Waals surface area contributed by atoms with E-state index in [1.807, 2.05) is 48.6 Å². The first-order chi connectivity index (χ1) is 12.2. The highest BCUT2D eigenvalue weighted by Gasteiger charge is 2.27. The molecule has 1 aliphatic rings. The fraction of sp³-hybridized carbons (Fsp3) is 0.333. The van der Waals surface area contributed by atoms with Gasteiger partial charge in [-0.05, 0) is 37.5 Å². The van der Waals surface area contributed by atoms with Crippen LogP contribution < -0.4 is 0 Å². The fourth-order valence-electron chi connectivity index (χ4n) is 3.29. The number of amides is 1. The molecule has 3 aromatic rings. The van der Waals surface area contributed by atoms with E-state index in [1.54, 1.807) is 17.1 Å². The second-order valence-corrected chi connectivity index (χ2v) is 6.44. The van der Waals surface area contributed by atoms with E-state index < -0.39 is 0 Å². The average molecular weight is 336 g/mol. The van der Waals surface area contributed by atoms with Gasteiger partial charge in [-0.1, -0.05) is 17.3 Å². The van der Waals surface area contributed by atoms with E-state index in [9.17, 15) is 4.79 Å². The highest BCUT2D eigenvalue weighted by molar-refractivity contribution is 5.92. The molecule has 1 amide bonds. The summed E-state index contributed by atoms with van der Waals surface area (Å²) in [5.41, 5.74) is 2.43. The molecule has 0 saturated carbocycles. The van der Waals surface area contributed by atoms with Crippen molar-refractivity contribution in [3.63, 3.8) is 0 Å². The first-order valence-corrected chi connectivity index (χ1v) is 8.47. The van der Waals surface area contributed by atoms with E-state index in [1.165, 1.54) is 0 Å². The van der Waals surface area contributed by atoms with Gasteiger partial charge in [0.2, 0.25) is 0 Å². The minimum Gasteiger partial charge on any atom is -0.335 e. The lowest BCUT2D eigenvalue weighted by Crippen LogP contribution is -2.40. The number of hydrogen-bond donors (Lipinski definition) is 0. The van der Waals surface area contributed by atoms with Crippen LogP contribution in [0.3, 0.4) is 0 Å². The molecule has 0 spiro atoms. The van der Waals surface area contributed by atoms with Gasteiger partial charge in [0.25, 0.3) is 5.91 Å². The zero-order chi connectivity index (χ0) is 17.2. The van der Waals surface area contributed by atoms with Gasteiger partial charge in [-0.2, -0.15) is 0 Å². The monoisotopic (exact) mass is 336 g/mol. The van der Waals surface area contributed by atoms with Crippen LogP contribution in [-0.4, -0.2) is 48.4 Å². The standard InChI is InChI=1S/C18H20N6O/c1-14-4-2-5-15(10-14)24-12-17(20-21-24)18(25)22-8-3-6-16(11-22)23-9-7-19-13-23/h2,4-5,7,9-10,12-13,16H,3,6,8,11H2,1H3/t16-/m0/s1. The third-order valence-corrected chi connectivity index (χ3v) is 4.61. The fourth-order valence-corrected chi connectivity index (χ4v) is 3.29. The summed E-state index contributed by atoms with van der Waals surface area (Å²) in [6, 6.07) is 8.22. The van der Waals surface area contributed by atoms with Crippen LogP contribution in [0.4, 0.5) is 0 Å². The number of aryl methyl sites for hydroxylation is 1. The van der Waals surface area contributed by atoms with E-state index in [4.69, 9.17) is 0 Å². The lowest BCUT2D eigenvalue weighted by atomic mass is 10.1. The van der Waals surface area contributed by atoms with Crippen molar-refractivity contribution >= 4 is 5.91 Å². The van der Waals surface area contributed by atoms with Crippen molar-refractivity contribution in [3.8, 4) is 5.69 Å². The third kappa shape index (κ3) is 3.17. The molecule has 0 unspecified atom stereocenters. The molecule has 2 aromatic heterocycles. The Labute approximate surface area is 145 Å². The molecule has 0 bridgehead atoms. The Hall–Kier alpha value is -2.96. The molecule has 3 heterocycles. The van der Waals surface area contributed by atoms with Crippen LogP contribution >= 0.6 is 0 Å². The van der Waals surface area contributed by atoms with Gasteiger partial charge in [-0.3, -0.25) is 4.79 Å². The SMILES string of the molecule is Cc1cccc(-n2cc(C(=O)N3CCC[C@H](n4ccnc4)C3)nn2)c1. The molecule has 7 nitrogen and oxygen atoms in total. The number of carbonyl (C=O) groups is 1. The number of nitrogens with zero attached hydrogens (tertiary/aromatic N) is 6. The van der Waals surface area contributed by atoms with E-state index in [-0.39, 0.29) is 11.9 Å². The van der Waals surface area contributed by atoms with Crippen LogP contribution in [0.2, 0.25) is 0 Å². The van der Waals surface area contributed by atoms with Crippen molar-refractivity contribution in [2.45, 2.75) is 25.8 Å². The van der Waals surface area contributed by atoms with E-state index in [0.29, 0.717) is 12.2 Å². The molecule has 1 atom stereocenters. The summed E-state index contributed by atoms with van der Waals surface area (Å²) in [4.78, 5) is 18.8. The topological polar surface area (TPSA) is 68.8 Å². The van der Waals surface area contributed by atoms with Crippen molar-refractivity contribution in [3.05, 3.63) is 60.4 Å². The number of piperidine rings is 1. The maximum atomic E-state index is 12.8. The molecule has 128 valence electrons. The van der Waals surface area contributed by atoms with Crippen LogP contribution in [0, 0.1) is 6.92 Å². The van der Waals surface area contributed by atoms with Crippen molar-refractivity contribution in [2.24, 2.45) is 0 Å². The van der Waals surface area contributed by atoms with Crippen molar-refractivity contribution in [1.82, 2.24) is 29.4 Å². The maximum absolute atomic E-state index is 12.8. The minimum atomic E-state index is -0.0660. The lowest BCUT2D eigenvalue weighted by Gasteiger charge is -2.32. The molecule has 0 radical (unpaired) electrons. The zero-order valence-corrected chi connectivity index (χ0v) is 14.1. The van der Waals surface area contributed by atoms with Gasteiger partial charge in [0.15, 0.2) is 5.69 Å². The van der Waals surface area contributed by atoms with Crippen LogP contribution in [-0.2, 0) is 0 Å². The molecule has 1 aliphatic heterocycles. The molecule has 4 rings (SSSR count). The molecule has 1 saturated heterocycles. The van der Waals surface area contributed by atoms with E-state index in [2.05, 4.69) is 19.9 Å². The van der Waals surface area contributed by atoms with Crippen molar-refractivity contribution in [1.29, 1.82) is 0 Å². The molecular formula is C18H20N6O. The average Bonchev–Trinajstić information content (AvgIpc) is 3.33. The van der Waals surface area contributed by atoms with Crippen LogP contribution in [0.5, 0.6) is 0 Å². The van der Waals surface area contributed by atoms with Gasteiger partial charge in [-0.25, -0.2) is 9.67 Å². The molecular weight excluding hydrogens is 316 g/mol. The maximum Gasteiger partial charge on any atom is 0.276 e. The molecule has 1 fully saturated rings. The Morgan fingerprint density at radius 3 is 3.04 bits per heavy atom. The second kappa shape index (κ2) is 6.51. The molecule has 7 heteroatoms. The Balaban J connectivity index is 1.51. The van der Waals surface area contributed by atoms with E-state index >= 15 is 0 Å². The summed E-state index contributed by atoms with van der Waals surface area (Å²) in [5, 5.41) is 8.20. The van der Waals surface area contributed by atoms with Crippen LogP contribution in [0.1, 0.15) is 34.9 Å². The van der Waals surface area contributed by atoms with Gasteiger partial charge in [-0.15, -0.1) is 5.10 Å². The lowest BCUT2D eigenvalue weighted by molar-refractivity contribution is 0.0673. The smallest absolute Gasteiger partial charge is 0.276 e. The van der Waals surface area contributed by atoms with Gasteiger partial charge in [0.1, 0.15) is 0 Å². The summed E-state index contributed by atoms with van der Waals surface area (Å²) in [5.74, 6) is -0.0660. The summed E-state index contributed by atoms with van der Waals surface area (Å²) < 4.78 is 3.72. The normalized spacial score (nSPS) is 17.6. The zero-order valence-electron chi connectivity index (χ0n) is 14.1. The van der Waals surface area contributed by atoms with Gasteiger partial charge in [0.05, 0.1) is 24.3 Å². The Kier molecular flexibility index (Phi) is 4.05. The van der Waals surface area contributed by atoms with Gasteiger partial charge >= 0.3 is 0 Å². The third-order valence-electron chi connectivity index (χ3n) is 4.61. The molecule has 0 aliphatic carbocycles. The quantitative estimate of drug-likeness (QED) is 0.736. The minimum absolute atomic E-state index is 0.0660. The number of imidazole rings is 1. The van der Waals surface area contributed by atoms with Crippen molar-refractivity contribution in [2.75, 3.05) is 13.1 Å². The number of aromatic nitrogens is 5. The molecule has 0 N–H and O–H groups in total. The highest BCUT2D eigenvalue weighted by Crippen LogP contribution is 2.22. The predicted molar refractivity (Wildman–Crippen MR) is 92.5 cm³/mol. The summed E-state index contributed by atoms with van der Waals surface area (Å²) in [6.45, 7) is 3.45. The Bertz CT molecular complexity index is 869.